The highest BCUT2D eigenvalue weighted by molar-refractivity contribution is 14.1. The first-order valence-corrected chi connectivity index (χ1v) is 7.96. The first-order valence-electron chi connectivity index (χ1n) is 6.06. The Kier molecular flexibility index (Phi) is 4.55. The van der Waals surface area contributed by atoms with Crippen molar-refractivity contribution in [1.82, 2.24) is 9.97 Å². The molecule has 0 spiro atoms. The van der Waals surface area contributed by atoms with Crippen LogP contribution < -0.4 is 5.73 Å². The van der Waals surface area contributed by atoms with Crippen LogP contribution in [0.15, 0.2) is 12.1 Å². The topological polar surface area (TPSA) is 51.8 Å². The quantitative estimate of drug-likeness (QED) is 0.827. The summed E-state index contributed by atoms with van der Waals surface area (Å²) in [6.45, 7) is 4.30. The van der Waals surface area contributed by atoms with E-state index in [1.807, 2.05) is 0 Å². The predicted octanol–water partition coefficient (Wildman–Crippen LogP) is 3.91. The zero-order valence-corrected chi connectivity index (χ0v) is 13.5. The van der Waals surface area contributed by atoms with Gasteiger partial charge in [-0.15, -0.1) is 11.3 Å². The molecule has 0 fully saturated rings. The van der Waals surface area contributed by atoms with E-state index in [1.54, 1.807) is 11.3 Å². The Bertz CT molecular complexity index is 551. The zero-order valence-electron chi connectivity index (χ0n) is 10.5. The molecular weight excluding hydrogens is 357 g/mol. The highest BCUT2D eigenvalue weighted by Gasteiger charge is 2.12. The molecule has 0 aliphatic heterocycles. The number of anilines is 1. The molecule has 2 heterocycles. The van der Waals surface area contributed by atoms with Crippen molar-refractivity contribution in [2.75, 3.05) is 5.73 Å². The van der Waals surface area contributed by atoms with Crippen LogP contribution in [0.5, 0.6) is 0 Å². The molecule has 0 saturated carbocycles. The summed E-state index contributed by atoms with van der Waals surface area (Å²) in [5.74, 6) is 1.36. The van der Waals surface area contributed by atoms with Crippen LogP contribution in [0.25, 0.3) is 10.7 Å². The largest absolute Gasteiger partial charge is 0.383 e. The van der Waals surface area contributed by atoms with Gasteiger partial charge in [-0.3, -0.25) is 0 Å². The third-order valence-electron chi connectivity index (χ3n) is 2.66. The molecule has 0 bridgehead atoms. The minimum Gasteiger partial charge on any atom is -0.383 e. The summed E-state index contributed by atoms with van der Waals surface area (Å²) in [7, 11) is 0. The maximum Gasteiger partial charge on any atom is 0.171 e. The molecule has 0 radical (unpaired) electrons. The average molecular weight is 373 g/mol. The third-order valence-corrected chi connectivity index (χ3v) is 5.06. The van der Waals surface area contributed by atoms with Gasteiger partial charge in [0, 0.05) is 4.88 Å². The van der Waals surface area contributed by atoms with E-state index in [-0.39, 0.29) is 0 Å². The Morgan fingerprint density at radius 1 is 1.28 bits per heavy atom. The molecule has 0 aliphatic carbocycles. The fraction of sp³-hybridized carbons (Fsp3) is 0.385. The zero-order chi connectivity index (χ0) is 13.1. The van der Waals surface area contributed by atoms with Crippen molar-refractivity contribution in [2.24, 2.45) is 0 Å². The van der Waals surface area contributed by atoms with Gasteiger partial charge < -0.3 is 5.73 Å². The van der Waals surface area contributed by atoms with E-state index < -0.39 is 0 Å². The normalized spacial score (nSPS) is 10.8. The highest BCUT2D eigenvalue weighted by Crippen LogP contribution is 2.28. The van der Waals surface area contributed by atoms with Crippen molar-refractivity contribution in [3.05, 3.63) is 26.3 Å². The maximum absolute atomic E-state index is 5.97. The summed E-state index contributed by atoms with van der Waals surface area (Å²) in [4.78, 5) is 11.5. The number of aryl methyl sites for hydroxylation is 2. The van der Waals surface area contributed by atoms with Crippen molar-refractivity contribution in [1.29, 1.82) is 0 Å². The lowest BCUT2D eigenvalue weighted by Crippen LogP contribution is -2.04. The first kappa shape index (κ1) is 13.7. The molecular formula is C13H16IN3S. The van der Waals surface area contributed by atoms with Gasteiger partial charge in [-0.2, -0.15) is 0 Å². The number of rotatable bonds is 4. The molecule has 0 unspecified atom stereocenters. The molecule has 0 saturated heterocycles. The van der Waals surface area contributed by atoms with Crippen molar-refractivity contribution >= 4 is 39.7 Å². The molecule has 18 heavy (non-hydrogen) atoms. The summed E-state index contributed by atoms with van der Waals surface area (Å²) in [6, 6.07) is 4.22. The summed E-state index contributed by atoms with van der Waals surface area (Å²) in [5, 5.41) is 0. The summed E-state index contributed by atoms with van der Waals surface area (Å²) in [5.41, 5.74) is 7.04. The molecule has 0 amide bonds. The van der Waals surface area contributed by atoms with E-state index in [2.05, 4.69) is 58.5 Å². The average Bonchev–Trinajstić information content (AvgIpc) is 2.83. The Morgan fingerprint density at radius 3 is 2.67 bits per heavy atom. The monoisotopic (exact) mass is 373 g/mol. The Balaban J connectivity index is 2.44. The molecule has 2 aromatic rings. The van der Waals surface area contributed by atoms with Crippen LogP contribution >= 0.6 is 33.9 Å². The second kappa shape index (κ2) is 5.97. The first-order chi connectivity index (χ1) is 8.65. The summed E-state index contributed by atoms with van der Waals surface area (Å²) in [6.07, 6.45) is 3.06. The van der Waals surface area contributed by atoms with E-state index in [0.717, 1.165) is 39.2 Å². The van der Waals surface area contributed by atoms with Crippen molar-refractivity contribution < 1.29 is 0 Å². The smallest absolute Gasteiger partial charge is 0.171 e. The lowest BCUT2D eigenvalue weighted by molar-refractivity contribution is 0.870. The van der Waals surface area contributed by atoms with Gasteiger partial charge in [-0.05, 0) is 47.6 Å². The van der Waals surface area contributed by atoms with Gasteiger partial charge in [0.05, 0.1) is 14.1 Å². The Labute approximate surface area is 125 Å². The molecule has 5 heteroatoms. The summed E-state index contributed by atoms with van der Waals surface area (Å²) >= 11 is 3.97. The SMILES string of the molecule is CCCc1nc(-c2ccc(CC)s2)nc(N)c1I. The summed E-state index contributed by atoms with van der Waals surface area (Å²) < 4.78 is 0.991. The second-order valence-electron chi connectivity index (χ2n) is 4.06. The molecule has 2 aromatic heterocycles. The van der Waals surface area contributed by atoms with Gasteiger partial charge in [0.1, 0.15) is 5.82 Å². The van der Waals surface area contributed by atoms with Gasteiger partial charge >= 0.3 is 0 Å². The van der Waals surface area contributed by atoms with Gasteiger partial charge in [-0.25, -0.2) is 9.97 Å². The number of thiophene rings is 1. The lowest BCUT2D eigenvalue weighted by Gasteiger charge is -2.07. The van der Waals surface area contributed by atoms with Crippen molar-refractivity contribution in [3.8, 4) is 10.7 Å². The van der Waals surface area contributed by atoms with Gasteiger partial charge in [-0.1, -0.05) is 20.3 Å². The van der Waals surface area contributed by atoms with Crippen LogP contribution in [-0.2, 0) is 12.8 Å². The third kappa shape index (κ3) is 2.83. The van der Waals surface area contributed by atoms with Crippen molar-refractivity contribution in [2.45, 2.75) is 33.1 Å². The van der Waals surface area contributed by atoms with Crippen molar-refractivity contribution in [3.63, 3.8) is 0 Å². The fourth-order valence-corrected chi connectivity index (χ4v) is 3.11. The number of nitrogens with zero attached hydrogens (tertiary/aromatic N) is 2. The minimum atomic E-state index is 0.593. The number of nitrogen functional groups attached to an aromatic ring is 1. The Morgan fingerprint density at radius 2 is 2.06 bits per heavy atom. The molecule has 0 atom stereocenters. The number of aromatic nitrogens is 2. The van der Waals surface area contributed by atoms with Gasteiger partial charge in [0.15, 0.2) is 5.82 Å². The second-order valence-corrected chi connectivity index (χ2v) is 6.31. The number of hydrogen-bond acceptors (Lipinski definition) is 4. The standard InChI is InChI=1S/C13H16IN3S/c1-3-5-9-11(14)12(15)17-13(16-9)10-7-6-8(4-2)18-10/h6-7H,3-5H2,1-2H3,(H2,15,16,17). The van der Waals surface area contributed by atoms with E-state index in [0.29, 0.717) is 5.82 Å². The minimum absolute atomic E-state index is 0.593. The van der Waals surface area contributed by atoms with E-state index in [1.165, 1.54) is 4.88 Å². The molecule has 3 nitrogen and oxygen atoms in total. The maximum atomic E-state index is 5.97. The number of halogens is 1. The number of nitrogens with two attached hydrogens (primary N) is 1. The highest BCUT2D eigenvalue weighted by atomic mass is 127. The predicted molar refractivity (Wildman–Crippen MR) is 85.8 cm³/mol. The molecule has 0 aromatic carbocycles. The van der Waals surface area contributed by atoms with Crippen LogP contribution in [0.2, 0.25) is 0 Å². The van der Waals surface area contributed by atoms with Crippen LogP contribution in [0, 0.1) is 3.57 Å². The van der Waals surface area contributed by atoms with Gasteiger partial charge in [0.2, 0.25) is 0 Å². The molecule has 2 N–H and O–H groups in total. The van der Waals surface area contributed by atoms with Crippen LogP contribution in [0.4, 0.5) is 5.82 Å². The van der Waals surface area contributed by atoms with Crippen LogP contribution in [0.1, 0.15) is 30.8 Å². The van der Waals surface area contributed by atoms with E-state index in [4.69, 9.17) is 5.73 Å². The number of hydrogen-bond donors (Lipinski definition) is 1. The Hall–Kier alpha value is -0.690. The van der Waals surface area contributed by atoms with Crippen LogP contribution in [0.3, 0.4) is 0 Å². The molecule has 96 valence electrons. The molecule has 2 rings (SSSR count). The fourth-order valence-electron chi connectivity index (χ4n) is 1.71. The lowest BCUT2D eigenvalue weighted by atomic mass is 10.2. The van der Waals surface area contributed by atoms with E-state index in [9.17, 15) is 0 Å². The van der Waals surface area contributed by atoms with Crippen LogP contribution in [-0.4, -0.2) is 9.97 Å². The molecule has 0 aliphatic rings. The van der Waals surface area contributed by atoms with Gasteiger partial charge in [0.25, 0.3) is 0 Å². The van der Waals surface area contributed by atoms with E-state index >= 15 is 0 Å².